The van der Waals surface area contributed by atoms with Crippen molar-refractivity contribution in [2.45, 2.75) is 30.9 Å². The number of fused-ring (bicyclic) bond motifs is 1. The van der Waals surface area contributed by atoms with Gasteiger partial charge in [0, 0.05) is 37.7 Å². The highest BCUT2D eigenvalue weighted by atomic mass is 16.5. The second-order valence-electron chi connectivity index (χ2n) is 6.38. The summed E-state index contributed by atoms with van der Waals surface area (Å²) < 4.78 is 17.5. The molecular formula is C17H26N2O3. The van der Waals surface area contributed by atoms with Crippen LogP contribution in [0.4, 0.5) is 0 Å². The average molecular weight is 306 g/mol. The van der Waals surface area contributed by atoms with E-state index in [4.69, 9.17) is 14.2 Å². The topological polar surface area (TPSA) is 43.0 Å². The largest absolute Gasteiger partial charge is 0.496 e. The third kappa shape index (κ3) is 2.63. The number of likely N-dealkylation sites (tertiary alicyclic amines) is 1. The number of ether oxygens (including phenoxy) is 3. The first-order valence-corrected chi connectivity index (χ1v) is 7.91. The highest BCUT2D eigenvalue weighted by molar-refractivity contribution is 5.54. The van der Waals surface area contributed by atoms with E-state index in [-0.39, 0.29) is 11.6 Å². The molecule has 5 heteroatoms. The molecule has 1 N–H and O–H groups in total. The lowest BCUT2D eigenvalue weighted by molar-refractivity contribution is -0.0202. The lowest BCUT2D eigenvalue weighted by Gasteiger charge is -2.46. The Morgan fingerprint density at radius 3 is 2.55 bits per heavy atom. The molecule has 2 aliphatic rings. The number of hydrogen-bond acceptors (Lipinski definition) is 5. The molecule has 0 aromatic heterocycles. The van der Waals surface area contributed by atoms with Crippen LogP contribution in [0.3, 0.4) is 0 Å². The highest BCUT2D eigenvalue weighted by Gasteiger charge is 2.43. The molecule has 0 amide bonds. The standard InChI is InChI=1S/C17H26N2O3/c1-18-13-11-17(5-7-19(2)8-6-17)22-15-10-12(20-3)9-14(21-4)16(13)15/h9-10,13,18H,5-8,11H2,1-4H3. The molecule has 0 aliphatic carbocycles. The average Bonchev–Trinajstić information content (AvgIpc) is 2.55. The summed E-state index contributed by atoms with van der Waals surface area (Å²) in [6.07, 6.45) is 3.09. The minimum absolute atomic E-state index is 0.0788. The number of rotatable bonds is 3. The van der Waals surface area contributed by atoms with Gasteiger partial charge in [-0.15, -0.1) is 0 Å². The van der Waals surface area contributed by atoms with Crippen molar-refractivity contribution < 1.29 is 14.2 Å². The van der Waals surface area contributed by atoms with E-state index < -0.39 is 0 Å². The zero-order chi connectivity index (χ0) is 15.7. The molecule has 2 heterocycles. The number of nitrogens with one attached hydrogen (secondary N) is 1. The lowest BCUT2D eigenvalue weighted by Crippen LogP contribution is -2.50. The molecular weight excluding hydrogens is 280 g/mol. The molecule has 22 heavy (non-hydrogen) atoms. The third-order valence-corrected chi connectivity index (χ3v) is 5.03. The van der Waals surface area contributed by atoms with Gasteiger partial charge < -0.3 is 24.4 Å². The maximum absolute atomic E-state index is 6.50. The minimum Gasteiger partial charge on any atom is -0.496 e. The van der Waals surface area contributed by atoms with Gasteiger partial charge in [-0.2, -0.15) is 0 Å². The molecule has 3 rings (SSSR count). The molecule has 5 nitrogen and oxygen atoms in total. The Kier molecular flexibility index (Phi) is 4.19. The molecule has 1 aromatic carbocycles. The van der Waals surface area contributed by atoms with E-state index >= 15 is 0 Å². The van der Waals surface area contributed by atoms with Gasteiger partial charge in [-0.05, 0) is 26.9 Å². The summed E-state index contributed by atoms with van der Waals surface area (Å²) in [4.78, 5) is 2.37. The van der Waals surface area contributed by atoms with Crippen molar-refractivity contribution in [3.8, 4) is 17.2 Å². The molecule has 1 atom stereocenters. The summed E-state index contributed by atoms with van der Waals surface area (Å²) in [6, 6.07) is 4.16. The fraction of sp³-hybridized carbons (Fsp3) is 0.647. The third-order valence-electron chi connectivity index (χ3n) is 5.03. The van der Waals surface area contributed by atoms with Gasteiger partial charge in [0.2, 0.25) is 0 Å². The van der Waals surface area contributed by atoms with Crippen LogP contribution in [0.25, 0.3) is 0 Å². The van der Waals surface area contributed by atoms with Crippen molar-refractivity contribution in [2.75, 3.05) is 41.4 Å². The second-order valence-corrected chi connectivity index (χ2v) is 6.38. The predicted molar refractivity (Wildman–Crippen MR) is 86.1 cm³/mol. The smallest absolute Gasteiger partial charge is 0.132 e. The fourth-order valence-corrected chi connectivity index (χ4v) is 3.62. The van der Waals surface area contributed by atoms with E-state index in [9.17, 15) is 0 Å². The van der Waals surface area contributed by atoms with Crippen LogP contribution in [-0.2, 0) is 0 Å². The van der Waals surface area contributed by atoms with Gasteiger partial charge in [0.1, 0.15) is 22.8 Å². The van der Waals surface area contributed by atoms with Crippen LogP contribution in [0.1, 0.15) is 30.9 Å². The van der Waals surface area contributed by atoms with Gasteiger partial charge in [0.05, 0.1) is 19.8 Å². The van der Waals surface area contributed by atoms with Crippen LogP contribution >= 0.6 is 0 Å². The summed E-state index contributed by atoms with van der Waals surface area (Å²) >= 11 is 0. The minimum atomic E-state index is -0.0788. The van der Waals surface area contributed by atoms with E-state index in [1.165, 1.54) is 0 Å². The Bertz CT molecular complexity index is 539. The van der Waals surface area contributed by atoms with Crippen LogP contribution in [0.5, 0.6) is 17.2 Å². The number of piperidine rings is 1. The SMILES string of the molecule is CNC1CC2(CCN(C)CC2)Oc2cc(OC)cc(OC)c21. The highest BCUT2D eigenvalue weighted by Crippen LogP contribution is 2.49. The monoisotopic (exact) mass is 306 g/mol. The molecule has 0 saturated carbocycles. The van der Waals surface area contributed by atoms with Gasteiger partial charge >= 0.3 is 0 Å². The molecule has 1 aromatic rings. The molecule has 1 fully saturated rings. The summed E-state index contributed by atoms with van der Waals surface area (Å²) in [6.45, 7) is 2.15. The lowest BCUT2D eigenvalue weighted by atomic mass is 9.80. The molecule has 0 radical (unpaired) electrons. The zero-order valence-corrected chi connectivity index (χ0v) is 13.9. The van der Waals surface area contributed by atoms with Crippen LogP contribution < -0.4 is 19.5 Å². The zero-order valence-electron chi connectivity index (χ0n) is 13.9. The maximum Gasteiger partial charge on any atom is 0.132 e. The van der Waals surface area contributed by atoms with Gasteiger partial charge in [-0.25, -0.2) is 0 Å². The van der Waals surface area contributed by atoms with Crippen molar-refractivity contribution in [1.82, 2.24) is 10.2 Å². The Morgan fingerprint density at radius 2 is 1.95 bits per heavy atom. The van der Waals surface area contributed by atoms with Crippen molar-refractivity contribution in [3.05, 3.63) is 17.7 Å². The first-order valence-electron chi connectivity index (χ1n) is 7.91. The number of nitrogens with zero attached hydrogens (tertiary/aromatic N) is 1. The number of benzene rings is 1. The van der Waals surface area contributed by atoms with E-state index in [1.807, 2.05) is 19.2 Å². The van der Waals surface area contributed by atoms with E-state index in [0.29, 0.717) is 0 Å². The summed E-state index contributed by atoms with van der Waals surface area (Å²) in [5.74, 6) is 2.50. The molecule has 2 aliphatic heterocycles. The van der Waals surface area contributed by atoms with Crippen molar-refractivity contribution in [2.24, 2.45) is 0 Å². The van der Waals surface area contributed by atoms with E-state index in [2.05, 4.69) is 17.3 Å². The van der Waals surface area contributed by atoms with Gasteiger partial charge in [-0.3, -0.25) is 0 Å². The summed E-state index contributed by atoms with van der Waals surface area (Å²) in [5, 5.41) is 3.44. The molecule has 1 spiro atoms. The van der Waals surface area contributed by atoms with Crippen LogP contribution in [0, 0.1) is 0 Å². The van der Waals surface area contributed by atoms with Gasteiger partial charge in [0.15, 0.2) is 0 Å². The van der Waals surface area contributed by atoms with E-state index in [0.717, 1.165) is 55.2 Å². The predicted octanol–water partition coefficient (Wildman–Crippen LogP) is 2.21. The van der Waals surface area contributed by atoms with Crippen LogP contribution in [-0.4, -0.2) is 51.9 Å². The normalized spacial score (nSPS) is 23.7. The van der Waals surface area contributed by atoms with Crippen molar-refractivity contribution in [3.63, 3.8) is 0 Å². The molecule has 1 saturated heterocycles. The van der Waals surface area contributed by atoms with Gasteiger partial charge in [-0.1, -0.05) is 0 Å². The van der Waals surface area contributed by atoms with Crippen molar-refractivity contribution in [1.29, 1.82) is 0 Å². The molecule has 0 bridgehead atoms. The fourth-order valence-electron chi connectivity index (χ4n) is 3.62. The van der Waals surface area contributed by atoms with Crippen LogP contribution in [0.15, 0.2) is 12.1 Å². The maximum atomic E-state index is 6.50. The van der Waals surface area contributed by atoms with Crippen molar-refractivity contribution >= 4 is 0 Å². The Labute approximate surface area is 132 Å². The van der Waals surface area contributed by atoms with E-state index in [1.54, 1.807) is 14.2 Å². The molecule has 122 valence electrons. The first-order chi connectivity index (χ1) is 10.6. The quantitative estimate of drug-likeness (QED) is 0.927. The Morgan fingerprint density at radius 1 is 1.23 bits per heavy atom. The Balaban J connectivity index is 2.00. The van der Waals surface area contributed by atoms with Crippen LogP contribution in [0.2, 0.25) is 0 Å². The Hall–Kier alpha value is -1.46. The summed E-state index contributed by atoms with van der Waals surface area (Å²) in [5.41, 5.74) is 1.03. The summed E-state index contributed by atoms with van der Waals surface area (Å²) in [7, 11) is 7.55. The second kappa shape index (κ2) is 5.97. The number of hydrogen-bond donors (Lipinski definition) is 1. The molecule has 1 unspecified atom stereocenters. The first kappa shape index (κ1) is 15.4. The van der Waals surface area contributed by atoms with Gasteiger partial charge in [0.25, 0.3) is 0 Å². The number of methoxy groups -OCH3 is 2.